The van der Waals surface area contributed by atoms with E-state index in [0.29, 0.717) is 22.3 Å². The molecule has 2 atom stereocenters. The van der Waals surface area contributed by atoms with E-state index in [2.05, 4.69) is 95.2 Å². The number of aromatic hydroxyl groups is 4. The van der Waals surface area contributed by atoms with E-state index in [0.717, 1.165) is 22.3 Å². The maximum Gasteiger partial charge on any atom is 0.128 e. The zero-order chi connectivity index (χ0) is 37.4. The highest BCUT2D eigenvalue weighted by Gasteiger charge is 2.30. The number of phenolic OH excluding ortho intramolecular Hbond substituents is 4. The molecule has 4 rings (SSSR count). The third-order valence-corrected chi connectivity index (χ3v) is 9.19. The van der Waals surface area contributed by atoms with Crippen molar-refractivity contribution < 1.29 is 20.4 Å². The van der Waals surface area contributed by atoms with Gasteiger partial charge in [-0.05, 0) is 57.1 Å². The summed E-state index contributed by atoms with van der Waals surface area (Å²) in [6.45, 7) is 25.2. The fourth-order valence-corrected chi connectivity index (χ4v) is 5.98. The Morgan fingerprint density at radius 2 is 0.780 bits per heavy atom. The number of hydrogen-bond donors (Lipinski definition) is 4. The van der Waals surface area contributed by atoms with E-state index in [1.807, 2.05) is 24.3 Å². The number of rotatable bonds is 7. The van der Waals surface area contributed by atoms with Gasteiger partial charge >= 0.3 is 0 Å². The lowest BCUT2D eigenvalue weighted by atomic mass is 9.79. The molecule has 4 aromatic rings. The predicted molar refractivity (Wildman–Crippen MR) is 208 cm³/mol. The van der Waals surface area contributed by atoms with E-state index in [1.165, 1.54) is 0 Å². The van der Waals surface area contributed by atoms with Crippen LogP contribution < -0.4 is 0 Å². The Bertz CT molecular complexity index is 1750. The highest BCUT2D eigenvalue weighted by molar-refractivity contribution is 5.86. The van der Waals surface area contributed by atoms with Gasteiger partial charge in [-0.1, -0.05) is 132 Å². The van der Waals surface area contributed by atoms with Gasteiger partial charge in [0.2, 0.25) is 0 Å². The van der Waals surface area contributed by atoms with Crippen molar-refractivity contribution in [3.05, 3.63) is 117 Å². The average Bonchev–Trinajstić information content (AvgIpc) is 2.98. The molecule has 0 saturated heterocycles. The van der Waals surface area contributed by atoms with Gasteiger partial charge < -0.3 is 20.4 Å². The van der Waals surface area contributed by atoms with Gasteiger partial charge in [-0.25, -0.2) is 0 Å². The monoisotopic (exact) mass is 676 g/mol. The van der Waals surface area contributed by atoms with Gasteiger partial charge in [0.25, 0.3) is 0 Å². The van der Waals surface area contributed by atoms with Gasteiger partial charge in [-0.2, -0.15) is 0 Å². The van der Waals surface area contributed by atoms with Gasteiger partial charge in [-0.15, -0.1) is 0 Å². The third-order valence-electron chi connectivity index (χ3n) is 9.19. The van der Waals surface area contributed by atoms with Crippen molar-refractivity contribution in [3.63, 3.8) is 0 Å². The summed E-state index contributed by atoms with van der Waals surface area (Å²) < 4.78 is 0. The lowest BCUT2D eigenvalue weighted by Crippen LogP contribution is -2.18. The van der Waals surface area contributed by atoms with E-state index in [-0.39, 0.29) is 44.7 Å². The van der Waals surface area contributed by atoms with E-state index in [9.17, 15) is 20.4 Å². The SMILES string of the molecule is CC(C)(C)c1cc(C=NC(c2ccccc2O)C(N=Cc2cc(C(C)(C)C)cc(C(C)(C)C)c2O)c2ccccc2O)c(O)c(C(C)(C)C)c1. The van der Waals surface area contributed by atoms with Crippen molar-refractivity contribution in [2.45, 2.75) is 117 Å². The van der Waals surface area contributed by atoms with E-state index in [4.69, 9.17) is 9.98 Å². The smallest absolute Gasteiger partial charge is 0.128 e. The first kappa shape index (κ1) is 38.2. The van der Waals surface area contributed by atoms with Crippen molar-refractivity contribution >= 4 is 12.4 Å². The number of para-hydroxylation sites is 2. The van der Waals surface area contributed by atoms with Crippen molar-refractivity contribution in [2.75, 3.05) is 0 Å². The van der Waals surface area contributed by atoms with E-state index in [1.54, 1.807) is 48.8 Å². The molecule has 4 N–H and O–H groups in total. The summed E-state index contributed by atoms with van der Waals surface area (Å²) in [5.74, 6) is 0.347. The first-order valence-corrected chi connectivity index (χ1v) is 17.4. The number of aliphatic imine (C=N–C) groups is 2. The minimum Gasteiger partial charge on any atom is -0.508 e. The molecular formula is C44H56N2O4. The van der Waals surface area contributed by atoms with E-state index >= 15 is 0 Å². The Balaban J connectivity index is 2.01. The lowest BCUT2D eigenvalue weighted by molar-refractivity contribution is 0.437. The molecule has 0 saturated carbocycles. The standard InChI is InChI=1S/C44H56N2O4/c1-41(2,3)29-21-27(39(49)33(23-29)43(7,8)9)25-45-37(31-17-13-15-19-35(31)47)38(32-18-14-16-20-36(32)48)46-26-28-22-30(42(4,5)6)24-34(40(28)50)44(10,11)12/h13-26,37-38,47-50H,1-12H3. The molecule has 0 aliphatic rings. The molecule has 0 aliphatic heterocycles. The van der Waals surface area contributed by atoms with Crippen molar-refractivity contribution in [1.29, 1.82) is 0 Å². The molecule has 0 bridgehead atoms. The van der Waals surface area contributed by atoms with Gasteiger partial charge in [0.1, 0.15) is 35.1 Å². The Morgan fingerprint density at radius 3 is 1.06 bits per heavy atom. The van der Waals surface area contributed by atoms with E-state index < -0.39 is 12.1 Å². The highest BCUT2D eigenvalue weighted by Crippen LogP contribution is 2.44. The first-order chi connectivity index (χ1) is 23.0. The van der Waals surface area contributed by atoms with Crippen LogP contribution in [0, 0.1) is 0 Å². The molecular weight excluding hydrogens is 620 g/mol. The van der Waals surface area contributed by atoms with Crippen LogP contribution in [0.1, 0.15) is 140 Å². The number of phenols is 4. The molecule has 6 heteroatoms. The molecule has 0 radical (unpaired) electrons. The minimum atomic E-state index is -0.827. The van der Waals surface area contributed by atoms with Crippen molar-refractivity contribution in [1.82, 2.24) is 0 Å². The number of nitrogens with zero attached hydrogens (tertiary/aromatic N) is 2. The van der Waals surface area contributed by atoms with Crippen LogP contribution in [0.15, 0.2) is 82.8 Å². The highest BCUT2D eigenvalue weighted by atomic mass is 16.3. The molecule has 0 fully saturated rings. The predicted octanol–water partition coefficient (Wildman–Crippen LogP) is 10.7. The second-order valence-electron chi connectivity index (χ2n) is 17.5. The largest absolute Gasteiger partial charge is 0.508 e. The van der Waals surface area contributed by atoms with Crippen LogP contribution in [-0.4, -0.2) is 32.9 Å². The fraction of sp³-hybridized carbons (Fsp3) is 0.409. The van der Waals surface area contributed by atoms with Crippen molar-refractivity contribution in [2.24, 2.45) is 9.98 Å². The second kappa shape index (κ2) is 14.0. The maximum absolute atomic E-state index is 11.6. The normalized spacial score (nSPS) is 14.4. The molecule has 4 aromatic carbocycles. The third kappa shape index (κ3) is 8.58. The van der Waals surface area contributed by atoms with Crippen molar-refractivity contribution in [3.8, 4) is 23.0 Å². The van der Waals surface area contributed by atoms with Crippen LogP contribution in [-0.2, 0) is 21.7 Å². The van der Waals surface area contributed by atoms with Gasteiger partial charge in [-0.3, -0.25) is 9.98 Å². The minimum absolute atomic E-state index is 0.0286. The van der Waals surface area contributed by atoms with Crippen LogP contribution in [0.25, 0.3) is 0 Å². The summed E-state index contributed by atoms with van der Waals surface area (Å²) in [5.41, 5.74) is 4.79. The summed E-state index contributed by atoms with van der Waals surface area (Å²) in [4.78, 5) is 10.1. The summed E-state index contributed by atoms with van der Waals surface area (Å²) in [6, 6.07) is 20.3. The lowest BCUT2D eigenvalue weighted by Gasteiger charge is -2.28. The van der Waals surface area contributed by atoms with Gasteiger partial charge in [0.05, 0.1) is 0 Å². The Labute approximate surface area is 299 Å². The van der Waals surface area contributed by atoms with Crippen LogP contribution in [0.4, 0.5) is 0 Å². The summed E-state index contributed by atoms with van der Waals surface area (Å²) in [7, 11) is 0. The average molecular weight is 677 g/mol. The second-order valence-corrected chi connectivity index (χ2v) is 17.5. The summed E-state index contributed by atoms with van der Waals surface area (Å²) in [6.07, 6.45) is 3.30. The van der Waals surface area contributed by atoms with Crippen LogP contribution >= 0.6 is 0 Å². The molecule has 0 aromatic heterocycles. The molecule has 0 heterocycles. The quantitative estimate of drug-likeness (QED) is 0.146. The summed E-state index contributed by atoms with van der Waals surface area (Å²) >= 11 is 0. The first-order valence-electron chi connectivity index (χ1n) is 17.4. The van der Waals surface area contributed by atoms with Gasteiger partial charge in [0, 0.05) is 45.8 Å². The topological polar surface area (TPSA) is 106 Å². The molecule has 0 spiro atoms. The number of benzene rings is 4. The van der Waals surface area contributed by atoms with Crippen LogP contribution in [0.3, 0.4) is 0 Å². The fourth-order valence-electron chi connectivity index (χ4n) is 5.98. The molecule has 50 heavy (non-hydrogen) atoms. The van der Waals surface area contributed by atoms with Crippen LogP contribution in [0.5, 0.6) is 23.0 Å². The summed E-state index contributed by atoms with van der Waals surface area (Å²) in [5, 5.41) is 45.6. The zero-order valence-corrected chi connectivity index (χ0v) is 31.9. The maximum atomic E-state index is 11.6. The molecule has 0 amide bonds. The molecule has 0 aliphatic carbocycles. The Morgan fingerprint density at radius 1 is 0.460 bits per heavy atom. The zero-order valence-electron chi connectivity index (χ0n) is 31.9. The Hall–Kier alpha value is -4.58. The molecule has 2 unspecified atom stereocenters. The Kier molecular flexibility index (Phi) is 10.7. The van der Waals surface area contributed by atoms with Gasteiger partial charge in [0.15, 0.2) is 0 Å². The molecule has 6 nitrogen and oxygen atoms in total. The molecule has 266 valence electrons. The van der Waals surface area contributed by atoms with Crippen LogP contribution in [0.2, 0.25) is 0 Å². The number of hydrogen-bond acceptors (Lipinski definition) is 6.